The Hall–Kier alpha value is -2.95. The molecule has 0 amide bonds. The molecule has 0 atom stereocenters. The maximum absolute atomic E-state index is 9.52. The van der Waals surface area contributed by atoms with Crippen LogP contribution in [0.15, 0.2) is 42.5 Å². The Bertz CT molecular complexity index is 799. The van der Waals surface area contributed by atoms with Crippen LogP contribution in [-0.2, 0) is 4.79 Å². The lowest BCUT2D eigenvalue weighted by molar-refractivity contribution is -0.134. The standard InChI is InChI=1S/C15H13NO2.C2H4O2/c1-9-13-8-12(18)6-7-14(13)16-15(9)10-2-4-11(17)5-3-10;1-2(3)4/h2-8,16-18H,1H3;1H3,(H,3,4). The summed E-state index contributed by atoms with van der Waals surface area (Å²) in [6.45, 7) is 3.10. The molecular formula is C17H17NO4. The molecule has 114 valence electrons. The Morgan fingerprint density at radius 1 is 1.00 bits per heavy atom. The first kappa shape index (κ1) is 15.4. The Kier molecular flexibility index (Phi) is 4.36. The second-order valence-corrected chi connectivity index (χ2v) is 4.92. The Morgan fingerprint density at radius 2 is 1.55 bits per heavy atom. The summed E-state index contributed by atoms with van der Waals surface area (Å²) in [7, 11) is 0. The molecule has 4 N–H and O–H groups in total. The number of carboxylic acids is 1. The van der Waals surface area contributed by atoms with Gasteiger partial charge in [-0.15, -0.1) is 0 Å². The first-order valence-corrected chi connectivity index (χ1v) is 6.68. The Balaban J connectivity index is 0.000000396. The van der Waals surface area contributed by atoms with Crippen molar-refractivity contribution in [1.29, 1.82) is 0 Å². The number of rotatable bonds is 1. The van der Waals surface area contributed by atoms with Gasteiger partial charge in [0.05, 0.1) is 0 Å². The first-order chi connectivity index (χ1) is 10.4. The van der Waals surface area contributed by atoms with Crippen LogP contribution >= 0.6 is 0 Å². The average Bonchev–Trinajstić information content (AvgIpc) is 2.76. The zero-order chi connectivity index (χ0) is 16.3. The third-order valence-electron chi connectivity index (χ3n) is 3.20. The number of H-pyrrole nitrogens is 1. The van der Waals surface area contributed by atoms with E-state index in [0.717, 1.165) is 34.6 Å². The maximum Gasteiger partial charge on any atom is 0.300 e. The molecule has 22 heavy (non-hydrogen) atoms. The van der Waals surface area contributed by atoms with Gasteiger partial charge in [0, 0.05) is 23.5 Å². The quantitative estimate of drug-likeness (QED) is 0.552. The fourth-order valence-corrected chi connectivity index (χ4v) is 2.23. The molecule has 0 radical (unpaired) electrons. The van der Waals surface area contributed by atoms with Crippen molar-refractivity contribution >= 4 is 16.9 Å². The number of phenolic OH excluding ortho intramolecular Hbond substituents is 2. The SMILES string of the molecule is CC(=O)O.Cc1c(-c2ccc(O)cc2)[nH]c2ccc(O)cc12. The van der Waals surface area contributed by atoms with Gasteiger partial charge in [0.15, 0.2) is 0 Å². The van der Waals surface area contributed by atoms with Crippen LogP contribution in [0.3, 0.4) is 0 Å². The van der Waals surface area contributed by atoms with Gasteiger partial charge in [0.2, 0.25) is 0 Å². The summed E-state index contributed by atoms with van der Waals surface area (Å²) in [4.78, 5) is 12.3. The van der Waals surface area contributed by atoms with Crippen molar-refractivity contribution in [2.75, 3.05) is 0 Å². The van der Waals surface area contributed by atoms with E-state index in [1.165, 1.54) is 0 Å². The fourth-order valence-electron chi connectivity index (χ4n) is 2.23. The highest BCUT2D eigenvalue weighted by atomic mass is 16.4. The molecule has 3 rings (SSSR count). The van der Waals surface area contributed by atoms with Gasteiger partial charge in [-0.2, -0.15) is 0 Å². The number of aromatic nitrogens is 1. The van der Waals surface area contributed by atoms with Crippen LogP contribution in [0.2, 0.25) is 0 Å². The molecule has 0 spiro atoms. The van der Waals surface area contributed by atoms with Gasteiger partial charge in [-0.1, -0.05) is 0 Å². The van der Waals surface area contributed by atoms with E-state index in [1.54, 1.807) is 24.3 Å². The van der Waals surface area contributed by atoms with E-state index < -0.39 is 5.97 Å². The topological polar surface area (TPSA) is 93.5 Å². The summed E-state index contributed by atoms with van der Waals surface area (Å²) in [6.07, 6.45) is 0. The molecule has 2 aromatic carbocycles. The second kappa shape index (κ2) is 6.22. The molecule has 0 saturated heterocycles. The molecule has 0 aliphatic carbocycles. The number of aryl methyl sites for hydroxylation is 1. The first-order valence-electron chi connectivity index (χ1n) is 6.68. The molecule has 0 aliphatic rings. The van der Waals surface area contributed by atoms with Crippen LogP contribution in [0.1, 0.15) is 12.5 Å². The zero-order valence-corrected chi connectivity index (χ0v) is 12.3. The Labute approximate surface area is 127 Å². The number of benzene rings is 2. The lowest BCUT2D eigenvalue weighted by atomic mass is 10.1. The number of phenols is 2. The monoisotopic (exact) mass is 299 g/mol. The van der Waals surface area contributed by atoms with Crippen molar-refractivity contribution in [2.24, 2.45) is 0 Å². The Morgan fingerprint density at radius 3 is 2.14 bits per heavy atom. The number of aliphatic carboxylic acids is 1. The van der Waals surface area contributed by atoms with E-state index in [9.17, 15) is 10.2 Å². The van der Waals surface area contributed by atoms with E-state index in [2.05, 4.69) is 4.98 Å². The molecule has 3 aromatic rings. The third kappa shape index (κ3) is 3.38. The maximum atomic E-state index is 9.52. The summed E-state index contributed by atoms with van der Waals surface area (Å²) in [5.74, 6) is -0.313. The van der Waals surface area contributed by atoms with Gasteiger partial charge in [0.1, 0.15) is 11.5 Å². The number of hydrogen-bond acceptors (Lipinski definition) is 3. The lowest BCUT2D eigenvalue weighted by Crippen LogP contribution is -1.79. The molecule has 0 unspecified atom stereocenters. The van der Waals surface area contributed by atoms with Crippen LogP contribution in [0.25, 0.3) is 22.2 Å². The van der Waals surface area contributed by atoms with Crippen molar-refractivity contribution < 1.29 is 20.1 Å². The molecule has 0 bridgehead atoms. The number of aromatic hydroxyl groups is 2. The van der Waals surface area contributed by atoms with E-state index in [1.807, 2.05) is 25.1 Å². The number of carbonyl (C=O) groups is 1. The van der Waals surface area contributed by atoms with Crippen molar-refractivity contribution in [3.05, 3.63) is 48.0 Å². The molecule has 0 saturated carbocycles. The normalized spacial score (nSPS) is 10.1. The average molecular weight is 299 g/mol. The highest BCUT2D eigenvalue weighted by molar-refractivity contribution is 5.91. The number of aromatic amines is 1. The van der Waals surface area contributed by atoms with Crippen molar-refractivity contribution in [1.82, 2.24) is 4.98 Å². The van der Waals surface area contributed by atoms with E-state index in [4.69, 9.17) is 9.90 Å². The summed E-state index contributed by atoms with van der Waals surface area (Å²) in [6, 6.07) is 12.3. The summed E-state index contributed by atoms with van der Waals surface area (Å²) < 4.78 is 0. The number of nitrogens with one attached hydrogen (secondary N) is 1. The lowest BCUT2D eigenvalue weighted by Gasteiger charge is -2.00. The number of hydrogen-bond donors (Lipinski definition) is 4. The molecule has 0 aliphatic heterocycles. The molecule has 0 fully saturated rings. The fraction of sp³-hybridized carbons (Fsp3) is 0.118. The van der Waals surface area contributed by atoms with E-state index >= 15 is 0 Å². The van der Waals surface area contributed by atoms with Crippen LogP contribution in [-0.4, -0.2) is 26.3 Å². The van der Waals surface area contributed by atoms with Crippen LogP contribution in [0, 0.1) is 6.92 Å². The molecular weight excluding hydrogens is 282 g/mol. The van der Waals surface area contributed by atoms with Gasteiger partial charge in [-0.25, -0.2) is 0 Å². The molecule has 5 heteroatoms. The van der Waals surface area contributed by atoms with E-state index in [-0.39, 0.29) is 11.5 Å². The van der Waals surface area contributed by atoms with Gasteiger partial charge >= 0.3 is 0 Å². The number of fused-ring (bicyclic) bond motifs is 1. The highest BCUT2D eigenvalue weighted by Crippen LogP contribution is 2.32. The summed E-state index contributed by atoms with van der Waals surface area (Å²) >= 11 is 0. The largest absolute Gasteiger partial charge is 0.508 e. The highest BCUT2D eigenvalue weighted by Gasteiger charge is 2.09. The zero-order valence-electron chi connectivity index (χ0n) is 12.3. The second-order valence-electron chi connectivity index (χ2n) is 4.92. The van der Waals surface area contributed by atoms with Crippen molar-refractivity contribution in [3.8, 4) is 22.8 Å². The molecule has 1 aromatic heterocycles. The van der Waals surface area contributed by atoms with Gasteiger partial charge < -0.3 is 20.3 Å². The predicted molar refractivity (Wildman–Crippen MR) is 85.1 cm³/mol. The minimum absolute atomic E-state index is 0.255. The number of carboxylic acid groups (broad SMARTS) is 1. The third-order valence-corrected chi connectivity index (χ3v) is 3.20. The van der Waals surface area contributed by atoms with Gasteiger partial charge in [-0.3, -0.25) is 4.79 Å². The van der Waals surface area contributed by atoms with Crippen molar-refractivity contribution in [2.45, 2.75) is 13.8 Å². The summed E-state index contributed by atoms with van der Waals surface area (Å²) in [5, 5.41) is 27.3. The van der Waals surface area contributed by atoms with Crippen LogP contribution in [0.4, 0.5) is 0 Å². The van der Waals surface area contributed by atoms with Crippen molar-refractivity contribution in [3.63, 3.8) is 0 Å². The minimum atomic E-state index is -0.833. The smallest absolute Gasteiger partial charge is 0.300 e. The van der Waals surface area contributed by atoms with E-state index in [0.29, 0.717) is 0 Å². The van der Waals surface area contributed by atoms with Crippen LogP contribution in [0.5, 0.6) is 11.5 Å². The molecule has 5 nitrogen and oxygen atoms in total. The summed E-state index contributed by atoms with van der Waals surface area (Å²) in [5.41, 5.74) is 4.11. The molecule has 1 heterocycles. The minimum Gasteiger partial charge on any atom is -0.508 e. The van der Waals surface area contributed by atoms with Crippen LogP contribution < -0.4 is 0 Å². The van der Waals surface area contributed by atoms with Gasteiger partial charge in [0.25, 0.3) is 5.97 Å². The predicted octanol–water partition coefficient (Wildman–Crippen LogP) is 3.65. The van der Waals surface area contributed by atoms with Gasteiger partial charge in [-0.05, 0) is 60.5 Å².